The Balaban J connectivity index is 1.30. The molecule has 4 rings (SSSR count). The number of nitriles is 2. The van der Waals surface area contributed by atoms with Gasteiger partial charge in [-0.1, -0.05) is 0 Å². The summed E-state index contributed by atoms with van der Waals surface area (Å²) in [5.41, 5.74) is 1.82. The molecule has 8 heteroatoms. The van der Waals surface area contributed by atoms with Crippen molar-refractivity contribution in [3.63, 3.8) is 0 Å². The average molecular weight is 417 g/mol. The Morgan fingerprint density at radius 3 is 2.61 bits per heavy atom. The maximum atomic E-state index is 13.1. The quantitative estimate of drug-likeness (QED) is 0.733. The third-order valence-electron chi connectivity index (χ3n) is 5.92. The fourth-order valence-corrected chi connectivity index (χ4v) is 4.18. The monoisotopic (exact) mass is 417 g/mol. The number of ether oxygens (including phenoxy) is 1. The number of amides is 1. The van der Waals surface area contributed by atoms with Gasteiger partial charge >= 0.3 is 0 Å². The van der Waals surface area contributed by atoms with Crippen LogP contribution in [0.15, 0.2) is 36.8 Å². The van der Waals surface area contributed by atoms with E-state index >= 15 is 0 Å². The molecule has 0 unspecified atom stereocenters. The molecule has 0 spiro atoms. The van der Waals surface area contributed by atoms with E-state index < -0.39 is 0 Å². The molecule has 2 aromatic rings. The largest absolute Gasteiger partial charge is 0.477 e. The van der Waals surface area contributed by atoms with E-state index in [2.05, 4.69) is 16.0 Å². The van der Waals surface area contributed by atoms with Gasteiger partial charge in [0.25, 0.3) is 0 Å². The molecule has 1 aliphatic heterocycles. The average Bonchev–Trinajstić information content (AvgIpc) is 3.33. The number of carbonyl (C=O) groups is 1. The Labute approximate surface area is 181 Å². The molecule has 3 heterocycles. The Kier molecular flexibility index (Phi) is 6.40. The maximum absolute atomic E-state index is 13.1. The second kappa shape index (κ2) is 9.55. The first-order valence-corrected chi connectivity index (χ1v) is 10.5. The first-order chi connectivity index (χ1) is 15.2. The zero-order valence-corrected chi connectivity index (χ0v) is 17.1. The minimum atomic E-state index is -0.197. The highest BCUT2D eigenvalue weighted by Crippen LogP contribution is 2.36. The van der Waals surface area contributed by atoms with Gasteiger partial charge in [-0.15, -0.1) is 0 Å². The molecule has 1 atom stereocenters. The Morgan fingerprint density at radius 1 is 1.10 bits per heavy atom. The van der Waals surface area contributed by atoms with E-state index in [1.54, 1.807) is 24.4 Å². The molecule has 8 nitrogen and oxygen atoms in total. The number of hydrogen-bond donors (Lipinski definition) is 0. The lowest BCUT2D eigenvalue weighted by molar-refractivity contribution is -0.183. The van der Waals surface area contributed by atoms with Gasteiger partial charge in [0.05, 0.1) is 30.4 Å². The van der Waals surface area contributed by atoms with Crippen LogP contribution in [0, 0.1) is 34.5 Å². The van der Waals surface area contributed by atoms with Crippen molar-refractivity contribution in [2.24, 2.45) is 11.8 Å². The molecule has 1 saturated heterocycles. The number of hydrogen-bond acceptors (Lipinski definition) is 7. The SMILES string of the molecule is N#Cc1ccc(OC[C@H]2CC[C@H](C(=O)N3OCC[C@H]3c3cncc(C#N)c3)CC2)nc1. The molecule has 0 N–H and O–H groups in total. The summed E-state index contributed by atoms with van der Waals surface area (Å²) in [5, 5.41) is 19.4. The van der Waals surface area contributed by atoms with Crippen LogP contribution in [0.4, 0.5) is 0 Å². The highest BCUT2D eigenvalue weighted by molar-refractivity contribution is 5.78. The van der Waals surface area contributed by atoms with Crippen LogP contribution in [0.5, 0.6) is 5.88 Å². The van der Waals surface area contributed by atoms with Gasteiger partial charge in [0, 0.05) is 37.0 Å². The zero-order chi connectivity index (χ0) is 21.6. The molecule has 2 aliphatic rings. The summed E-state index contributed by atoms with van der Waals surface area (Å²) in [7, 11) is 0. The third-order valence-corrected chi connectivity index (χ3v) is 5.92. The molecule has 2 aromatic heterocycles. The molecule has 1 aliphatic carbocycles. The molecule has 31 heavy (non-hydrogen) atoms. The Hall–Kier alpha value is -3.49. The van der Waals surface area contributed by atoms with Gasteiger partial charge in [0.15, 0.2) is 0 Å². The third kappa shape index (κ3) is 4.82. The van der Waals surface area contributed by atoms with Crippen molar-refractivity contribution in [3.8, 4) is 18.0 Å². The van der Waals surface area contributed by atoms with Gasteiger partial charge < -0.3 is 4.74 Å². The summed E-state index contributed by atoms with van der Waals surface area (Å²) in [6.07, 6.45) is 8.79. The standard InChI is InChI=1S/C23H23N5O3/c24-10-17-3-6-22(27-13-17)30-15-16-1-4-19(5-2-16)23(29)28-21(7-8-31-28)20-9-18(11-25)12-26-14-20/h3,6,9,12-14,16,19,21H,1-2,4-5,7-8,15H2/t16-,19-,21-/m0/s1. The van der Waals surface area contributed by atoms with Gasteiger partial charge in [-0.2, -0.15) is 10.5 Å². The van der Waals surface area contributed by atoms with Gasteiger partial charge in [0.1, 0.15) is 12.1 Å². The van der Waals surface area contributed by atoms with Gasteiger partial charge in [-0.05, 0) is 49.3 Å². The van der Waals surface area contributed by atoms with Crippen molar-refractivity contribution in [1.29, 1.82) is 10.5 Å². The van der Waals surface area contributed by atoms with E-state index in [4.69, 9.17) is 20.1 Å². The highest BCUT2D eigenvalue weighted by atomic mass is 16.7. The second-order valence-corrected chi connectivity index (χ2v) is 7.95. The number of hydroxylamine groups is 2. The van der Waals surface area contributed by atoms with Crippen molar-refractivity contribution in [2.75, 3.05) is 13.2 Å². The first-order valence-electron chi connectivity index (χ1n) is 10.5. The van der Waals surface area contributed by atoms with E-state index in [9.17, 15) is 4.79 Å². The van der Waals surface area contributed by atoms with E-state index in [0.29, 0.717) is 42.6 Å². The molecule has 0 radical (unpaired) electrons. The summed E-state index contributed by atoms with van der Waals surface area (Å²) < 4.78 is 5.76. The topological polar surface area (TPSA) is 112 Å². The molecule has 1 amide bonds. The zero-order valence-electron chi connectivity index (χ0n) is 17.1. The minimum Gasteiger partial charge on any atom is -0.477 e. The fraction of sp³-hybridized carbons (Fsp3) is 0.435. The van der Waals surface area contributed by atoms with Crippen LogP contribution in [0.25, 0.3) is 0 Å². The number of pyridine rings is 2. The van der Waals surface area contributed by atoms with E-state index in [1.807, 2.05) is 6.07 Å². The van der Waals surface area contributed by atoms with Crippen molar-refractivity contribution in [3.05, 3.63) is 53.5 Å². The second-order valence-electron chi connectivity index (χ2n) is 7.95. The lowest BCUT2D eigenvalue weighted by atomic mass is 9.81. The van der Waals surface area contributed by atoms with Crippen LogP contribution in [0.1, 0.15) is 54.8 Å². The van der Waals surface area contributed by atoms with Crippen molar-refractivity contribution in [2.45, 2.75) is 38.1 Å². The van der Waals surface area contributed by atoms with E-state index in [0.717, 1.165) is 31.2 Å². The van der Waals surface area contributed by atoms with Crippen LogP contribution < -0.4 is 4.74 Å². The minimum absolute atomic E-state index is 0.0120. The van der Waals surface area contributed by atoms with Gasteiger partial charge in [-0.3, -0.25) is 14.6 Å². The first kappa shape index (κ1) is 20.8. The fourth-order valence-electron chi connectivity index (χ4n) is 4.18. The predicted octanol–water partition coefficient (Wildman–Crippen LogP) is 3.31. The highest BCUT2D eigenvalue weighted by Gasteiger charge is 2.37. The van der Waals surface area contributed by atoms with Crippen LogP contribution in [-0.2, 0) is 9.63 Å². The number of nitrogens with zero attached hydrogens (tertiary/aromatic N) is 5. The molecular formula is C23H23N5O3. The summed E-state index contributed by atoms with van der Waals surface area (Å²) >= 11 is 0. The molecule has 0 aromatic carbocycles. The molecule has 158 valence electrons. The summed E-state index contributed by atoms with van der Waals surface area (Å²) in [6, 6.07) is 9.10. The Morgan fingerprint density at radius 2 is 1.90 bits per heavy atom. The summed E-state index contributed by atoms with van der Waals surface area (Å²) in [4.78, 5) is 27.1. The number of rotatable bonds is 5. The number of aromatic nitrogens is 2. The molecule has 1 saturated carbocycles. The molecule has 0 bridgehead atoms. The van der Waals surface area contributed by atoms with E-state index in [1.165, 1.54) is 17.5 Å². The van der Waals surface area contributed by atoms with Crippen molar-refractivity contribution in [1.82, 2.24) is 15.0 Å². The van der Waals surface area contributed by atoms with Crippen LogP contribution >= 0.6 is 0 Å². The van der Waals surface area contributed by atoms with Crippen LogP contribution in [0.3, 0.4) is 0 Å². The summed E-state index contributed by atoms with van der Waals surface area (Å²) in [6.45, 7) is 1.03. The van der Waals surface area contributed by atoms with Gasteiger partial charge in [0.2, 0.25) is 11.8 Å². The molecule has 2 fully saturated rings. The van der Waals surface area contributed by atoms with Crippen LogP contribution in [0.2, 0.25) is 0 Å². The van der Waals surface area contributed by atoms with Crippen LogP contribution in [-0.4, -0.2) is 34.2 Å². The normalized spacial score (nSPS) is 23.0. The molecular weight excluding hydrogens is 394 g/mol. The number of carbonyl (C=O) groups excluding carboxylic acids is 1. The summed E-state index contributed by atoms with van der Waals surface area (Å²) in [5.74, 6) is 0.821. The maximum Gasteiger partial charge on any atom is 0.249 e. The van der Waals surface area contributed by atoms with Crippen molar-refractivity contribution >= 4 is 5.91 Å². The predicted molar refractivity (Wildman–Crippen MR) is 109 cm³/mol. The Bertz CT molecular complexity index is 1000. The lowest BCUT2D eigenvalue weighted by Crippen LogP contribution is -2.37. The lowest BCUT2D eigenvalue weighted by Gasteiger charge is -2.31. The van der Waals surface area contributed by atoms with Crippen molar-refractivity contribution < 1.29 is 14.4 Å². The smallest absolute Gasteiger partial charge is 0.249 e. The van der Waals surface area contributed by atoms with E-state index in [-0.39, 0.29) is 17.9 Å². The van der Waals surface area contributed by atoms with Gasteiger partial charge in [-0.25, -0.2) is 10.0 Å².